The Labute approximate surface area is 123 Å². The summed E-state index contributed by atoms with van der Waals surface area (Å²) in [4.78, 5) is 12.5. The second-order valence-electron chi connectivity index (χ2n) is 7.40. The van der Waals surface area contributed by atoms with Crippen molar-refractivity contribution < 1.29 is 14.6 Å². The predicted octanol–water partition coefficient (Wildman–Crippen LogP) is 3.06. The number of allylic oxidation sites excluding steroid dienone is 1. The zero-order valence-electron chi connectivity index (χ0n) is 12.2. The molecule has 0 radical (unpaired) electrons. The predicted molar refractivity (Wildman–Crippen MR) is 77.6 cm³/mol. The van der Waals surface area contributed by atoms with Gasteiger partial charge in [-0.05, 0) is 42.4 Å². The molecule has 5 rings (SSSR count). The number of ketones is 1. The summed E-state index contributed by atoms with van der Waals surface area (Å²) < 4.78 is 6.00. The average molecular weight is 282 g/mol. The molecule has 3 nitrogen and oxygen atoms in total. The second-order valence-corrected chi connectivity index (χ2v) is 7.40. The van der Waals surface area contributed by atoms with Gasteiger partial charge >= 0.3 is 0 Å². The lowest BCUT2D eigenvalue weighted by Crippen LogP contribution is -2.58. The van der Waals surface area contributed by atoms with Crippen molar-refractivity contribution >= 4 is 5.78 Å². The van der Waals surface area contributed by atoms with Crippen LogP contribution in [0.2, 0.25) is 0 Å². The van der Waals surface area contributed by atoms with Gasteiger partial charge < -0.3 is 9.84 Å². The van der Waals surface area contributed by atoms with Crippen molar-refractivity contribution in [3.8, 4) is 11.5 Å². The highest BCUT2D eigenvalue weighted by atomic mass is 16.5. The number of phenolic OH excluding ortho intramolecular Hbond substituents is 1. The Morgan fingerprint density at radius 3 is 3.00 bits per heavy atom. The molecule has 3 aliphatic carbocycles. The van der Waals surface area contributed by atoms with Crippen LogP contribution in [-0.4, -0.2) is 17.0 Å². The van der Waals surface area contributed by atoms with Gasteiger partial charge in [0, 0.05) is 11.0 Å². The first-order chi connectivity index (χ1) is 9.99. The van der Waals surface area contributed by atoms with Crippen molar-refractivity contribution in [2.75, 3.05) is 0 Å². The molecule has 0 saturated heterocycles. The summed E-state index contributed by atoms with van der Waals surface area (Å²) in [5.41, 5.74) is 2.07. The molecule has 1 aromatic carbocycles. The van der Waals surface area contributed by atoms with E-state index >= 15 is 0 Å². The van der Waals surface area contributed by atoms with Crippen LogP contribution in [0.3, 0.4) is 0 Å². The van der Waals surface area contributed by atoms with Crippen LogP contribution in [0, 0.1) is 11.3 Å². The highest BCUT2D eigenvalue weighted by Crippen LogP contribution is 2.72. The van der Waals surface area contributed by atoms with Crippen LogP contribution < -0.4 is 4.74 Å². The number of hydrogen-bond acceptors (Lipinski definition) is 3. The van der Waals surface area contributed by atoms with E-state index in [-0.39, 0.29) is 22.4 Å². The van der Waals surface area contributed by atoms with Gasteiger partial charge in [0.25, 0.3) is 0 Å². The minimum absolute atomic E-state index is 0.0452. The Morgan fingerprint density at radius 2 is 2.19 bits per heavy atom. The largest absolute Gasteiger partial charge is 0.504 e. The molecular formula is C18H18O3. The van der Waals surface area contributed by atoms with E-state index in [1.165, 1.54) is 5.56 Å². The molecule has 0 amide bonds. The summed E-state index contributed by atoms with van der Waals surface area (Å²) in [6, 6.07) is 3.77. The number of fused-ring (bicyclic) bond motifs is 2. The third-order valence-corrected chi connectivity index (χ3v) is 6.78. The van der Waals surface area contributed by atoms with Crippen LogP contribution >= 0.6 is 0 Å². The molecule has 1 aromatic rings. The molecule has 5 atom stereocenters. The first-order valence-electron chi connectivity index (χ1n) is 7.75. The van der Waals surface area contributed by atoms with Gasteiger partial charge in [0.05, 0.1) is 5.41 Å². The van der Waals surface area contributed by atoms with Crippen molar-refractivity contribution in [1.29, 1.82) is 0 Å². The van der Waals surface area contributed by atoms with Crippen molar-refractivity contribution in [3.63, 3.8) is 0 Å². The van der Waals surface area contributed by atoms with Gasteiger partial charge in [-0.25, -0.2) is 0 Å². The van der Waals surface area contributed by atoms with Gasteiger partial charge in [0.15, 0.2) is 23.4 Å². The van der Waals surface area contributed by atoms with Gasteiger partial charge in [-0.3, -0.25) is 4.79 Å². The van der Waals surface area contributed by atoms with Gasteiger partial charge in [-0.15, -0.1) is 0 Å². The Morgan fingerprint density at radius 1 is 1.38 bits per heavy atom. The quantitative estimate of drug-likeness (QED) is 0.795. The number of hydrogen-bond donors (Lipinski definition) is 1. The number of phenols is 1. The number of carbonyl (C=O) groups excluding carboxylic acids is 1. The van der Waals surface area contributed by atoms with Crippen molar-refractivity contribution in [2.24, 2.45) is 11.3 Å². The van der Waals surface area contributed by atoms with E-state index in [2.05, 4.69) is 19.9 Å². The van der Waals surface area contributed by atoms with E-state index < -0.39 is 6.10 Å². The topological polar surface area (TPSA) is 46.5 Å². The molecular weight excluding hydrogens is 264 g/mol. The van der Waals surface area contributed by atoms with E-state index in [9.17, 15) is 9.90 Å². The van der Waals surface area contributed by atoms with Crippen LogP contribution in [0.1, 0.15) is 43.7 Å². The summed E-state index contributed by atoms with van der Waals surface area (Å²) in [6.45, 7) is 4.55. The molecule has 3 heteroatoms. The van der Waals surface area contributed by atoms with Crippen LogP contribution in [0.25, 0.3) is 0 Å². The van der Waals surface area contributed by atoms with Gasteiger partial charge in [0.2, 0.25) is 0 Å². The minimum Gasteiger partial charge on any atom is -0.504 e. The molecule has 1 heterocycles. The SMILES string of the molecule is C[C@H]1CC2C[C@]34c5c2ccc(O)c5OC3C(=O)C=CC14C. The highest BCUT2D eigenvalue weighted by molar-refractivity contribution is 5.98. The number of aromatic hydroxyl groups is 1. The molecule has 1 fully saturated rings. The Balaban J connectivity index is 1.93. The molecule has 3 unspecified atom stereocenters. The van der Waals surface area contributed by atoms with E-state index in [0.717, 1.165) is 18.4 Å². The number of ether oxygens (including phenoxy) is 1. The zero-order chi connectivity index (χ0) is 14.6. The Hall–Kier alpha value is -1.77. The van der Waals surface area contributed by atoms with Crippen molar-refractivity contribution in [3.05, 3.63) is 35.4 Å². The van der Waals surface area contributed by atoms with Crippen molar-refractivity contribution in [1.82, 2.24) is 0 Å². The maximum Gasteiger partial charge on any atom is 0.196 e. The maximum absolute atomic E-state index is 12.5. The fraction of sp³-hybridized carbons (Fsp3) is 0.500. The second kappa shape index (κ2) is 3.18. The van der Waals surface area contributed by atoms with Crippen LogP contribution in [0.4, 0.5) is 0 Å². The van der Waals surface area contributed by atoms with Gasteiger partial charge in [0.1, 0.15) is 0 Å². The fourth-order valence-corrected chi connectivity index (χ4v) is 5.61. The molecule has 108 valence electrons. The first kappa shape index (κ1) is 11.8. The normalized spacial score (nSPS) is 44.7. The van der Waals surface area contributed by atoms with E-state index in [4.69, 9.17) is 4.74 Å². The minimum atomic E-state index is -0.456. The highest BCUT2D eigenvalue weighted by Gasteiger charge is 2.70. The molecule has 2 bridgehead atoms. The van der Waals surface area contributed by atoms with Crippen LogP contribution in [0.5, 0.6) is 11.5 Å². The molecule has 1 aliphatic heterocycles. The van der Waals surface area contributed by atoms with Crippen LogP contribution in [-0.2, 0) is 10.2 Å². The van der Waals surface area contributed by atoms with E-state index in [1.807, 2.05) is 6.07 Å². The molecule has 4 aliphatic rings. The zero-order valence-corrected chi connectivity index (χ0v) is 12.2. The number of benzene rings is 1. The fourth-order valence-electron chi connectivity index (χ4n) is 5.61. The molecule has 0 aromatic heterocycles. The number of carbonyl (C=O) groups is 1. The molecule has 1 N–H and O–H groups in total. The lowest BCUT2D eigenvalue weighted by Gasteiger charge is -2.54. The summed E-state index contributed by atoms with van der Waals surface area (Å²) in [5.74, 6) is 1.77. The summed E-state index contributed by atoms with van der Waals surface area (Å²) in [7, 11) is 0. The summed E-state index contributed by atoms with van der Waals surface area (Å²) in [6.07, 6.45) is 5.47. The summed E-state index contributed by atoms with van der Waals surface area (Å²) in [5, 5.41) is 10.2. The van der Waals surface area contributed by atoms with Crippen LogP contribution in [0.15, 0.2) is 24.3 Å². The molecule has 1 spiro atoms. The standard InChI is InChI=1S/C18H18O3/c1-9-7-10-8-18-14-11(10)3-4-12(19)15(14)21-16(18)13(20)5-6-17(9,18)2/h3-6,9-10,16,19H,7-8H2,1-2H3/t9-,10?,16?,17?,18-/m0/s1. The third-order valence-electron chi connectivity index (χ3n) is 6.78. The third kappa shape index (κ3) is 1.00. The van der Waals surface area contributed by atoms with E-state index in [1.54, 1.807) is 12.1 Å². The number of rotatable bonds is 0. The lowest BCUT2D eigenvalue weighted by molar-refractivity contribution is -0.129. The first-order valence-corrected chi connectivity index (χ1v) is 7.75. The monoisotopic (exact) mass is 282 g/mol. The Bertz CT molecular complexity index is 734. The van der Waals surface area contributed by atoms with Crippen molar-refractivity contribution in [2.45, 2.75) is 44.1 Å². The smallest absolute Gasteiger partial charge is 0.196 e. The summed E-state index contributed by atoms with van der Waals surface area (Å²) >= 11 is 0. The van der Waals surface area contributed by atoms with Gasteiger partial charge in [-0.1, -0.05) is 26.0 Å². The van der Waals surface area contributed by atoms with Gasteiger partial charge in [-0.2, -0.15) is 0 Å². The van der Waals surface area contributed by atoms with E-state index in [0.29, 0.717) is 17.6 Å². The molecule has 1 saturated carbocycles. The molecule has 21 heavy (non-hydrogen) atoms. The lowest BCUT2D eigenvalue weighted by atomic mass is 9.48. The average Bonchev–Trinajstić information content (AvgIpc) is 2.93. The Kier molecular flexibility index (Phi) is 1.80. The maximum atomic E-state index is 12.5.